The number of anilines is 1. The van der Waals surface area contributed by atoms with Crippen LogP contribution in [0, 0.1) is 0 Å². The van der Waals surface area contributed by atoms with Crippen molar-refractivity contribution in [2.24, 2.45) is 4.99 Å². The summed E-state index contributed by atoms with van der Waals surface area (Å²) in [5.74, 6) is 0.598. The zero-order valence-electron chi connectivity index (χ0n) is 16.6. The van der Waals surface area contributed by atoms with Crippen LogP contribution in [-0.2, 0) is 14.3 Å². The summed E-state index contributed by atoms with van der Waals surface area (Å²) in [4.78, 5) is 16.1. The van der Waals surface area contributed by atoms with Gasteiger partial charge < -0.3 is 25.4 Å². The van der Waals surface area contributed by atoms with E-state index in [0.29, 0.717) is 45.3 Å². The zero-order valence-corrected chi connectivity index (χ0v) is 20.5. The van der Waals surface area contributed by atoms with Gasteiger partial charge in [-0.3, -0.25) is 9.79 Å². The number of unbranched alkanes of at least 4 members (excludes halogenated alkanes) is 1. The van der Waals surface area contributed by atoms with Crippen LogP contribution in [0.2, 0.25) is 0 Å². The molecule has 3 N–H and O–H groups in total. The largest absolute Gasteiger partial charge is 0.379 e. The molecule has 160 valence electrons. The van der Waals surface area contributed by atoms with E-state index in [-0.39, 0.29) is 29.9 Å². The van der Waals surface area contributed by atoms with E-state index in [9.17, 15) is 4.79 Å². The number of ether oxygens (including phenoxy) is 2. The Labute approximate surface area is 193 Å². The summed E-state index contributed by atoms with van der Waals surface area (Å²) in [6, 6.07) is 7.48. The number of carbonyl (C=O) groups excluding carboxylic acids is 1. The van der Waals surface area contributed by atoms with Crippen LogP contribution in [0.4, 0.5) is 5.69 Å². The van der Waals surface area contributed by atoms with Gasteiger partial charge in [-0.1, -0.05) is 29.3 Å². The number of hydrogen-bond donors (Lipinski definition) is 3. The first-order valence-corrected chi connectivity index (χ1v) is 10.1. The smallest absolute Gasteiger partial charge is 0.226 e. The summed E-state index contributed by atoms with van der Waals surface area (Å²) < 4.78 is 11.9. The highest BCUT2D eigenvalue weighted by molar-refractivity contribution is 14.0. The molecule has 0 fully saturated rings. The normalized spacial score (nSPS) is 10.9. The SMILES string of the molecule is CCCCOCCOCCNC(=NC)NCCC(=O)Nc1ccc(Br)cc1.I. The first kappa shape index (κ1) is 27.1. The van der Waals surface area contributed by atoms with E-state index < -0.39 is 0 Å². The van der Waals surface area contributed by atoms with E-state index in [1.165, 1.54) is 0 Å². The quantitative estimate of drug-likeness (QED) is 0.146. The molecule has 7 nitrogen and oxygen atoms in total. The third-order valence-electron chi connectivity index (χ3n) is 3.55. The maximum absolute atomic E-state index is 11.9. The molecule has 9 heteroatoms. The van der Waals surface area contributed by atoms with E-state index in [0.717, 1.165) is 29.6 Å². The summed E-state index contributed by atoms with van der Waals surface area (Å²) >= 11 is 3.37. The maximum atomic E-state index is 11.9. The number of benzene rings is 1. The van der Waals surface area contributed by atoms with Gasteiger partial charge in [-0.25, -0.2) is 0 Å². The molecule has 0 aliphatic heterocycles. The molecular weight excluding hydrogens is 539 g/mol. The number of rotatable bonds is 13. The summed E-state index contributed by atoms with van der Waals surface area (Å²) in [5, 5.41) is 9.11. The lowest BCUT2D eigenvalue weighted by Crippen LogP contribution is -2.40. The van der Waals surface area contributed by atoms with Crippen molar-refractivity contribution in [3.63, 3.8) is 0 Å². The van der Waals surface area contributed by atoms with Gasteiger partial charge in [-0.15, -0.1) is 24.0 Å². The van der Waals surface area contributed by atoms with Crippen LogP contribution >= 0.6 is 39.9 Å². The van der Waals surface area contributed by atoms with Crippen LogP contribution < -0.4 is 16.0 Å². The van der Waals surface area contributed by atoms with Gasteiger partial charge in [-0.2, -0.15) is 0 Å². The first-order valence-electron chi connectivity index (χ1n) is 9.31. The molecule has 0 radical (unpaired) electrons. The van der Waals surface area contributed by atoms with E-state index in [4.69, 9.17) is 9.47 Å². The minimum absolute atomic E-state index is 0. The van der Waals surface area contributed by atoms with Crippen molar-refractivity contribution in [3.05, 3.63) is 28.7 Å². The number of guanidine groups is 1. The Morgan fingerprint density at radius 3 is 2.32 bits per heavy atom. The second-order valence-electron chi connectivity index (χ2n) is 5.81. The monoisotopic (exact) mass is 570 g/mol. The van der Waals surface area contributed by atoms with Crippen molar-refractivity contribution in [3.8, 4) is 0 Å². The van der Waals surface area contributed by atoms with Gasteiger partial charge in [0.15, 0.2) is 5.96 Å². The molecule has 0 aliphatic carbocycles. The molecule has 0 aromatic heterocycles. The zero-order chi connectivity index (χ0) is 19.7. The number of halogens is 2. The number of aliphatic imine (C=N–C) groups is 1. The predicted octanol–water partition coefficient (Wildman–Crippen LogP) is 3.39. The second-order valence-corrected chi connectivity index (χ2v) is 6.72. The fourth-order valence-corrected chi connectivity index (χ4v) is 2.35. The van der Waals surface area contributed by atoms with Gasteiger partial charge >= 0.3 is 0 Å². The van der Waals surface area contributed by atoms with Gasteiger partial charge in [-0.05, 0) is 30.7 Å². The lowest BCUT2D eigenvalue weighted by molar-refractivity contribution is -0.116. The molecule has 0 unspecified atom stereocenters. The highest BCUT2D eigenvalue weighted by Crippen LogP contribution is 2.14. The van der Waals surface area contributed by atoms with Crippen molar-refractivity contribution in [2.45, 2.75) is 26.2 Å². The molecule has 0 aliphatic rings. The highest BCUT2D eigenvalue weighted by atomic mass is 127. The Balaban J connectivity index is 0.00000729. The molecule has 0 saturated heterocycles. The van der Waals surface area contributed by atoms with Crippen molar-refractivity contribution >= 4 is 57.5 Å². The number of nitrogens with one attached hydrogen (secondary N) is 3. The molecule has 0 bridgehead atoms. The summed E-state index contributed by atoms with van der Waals surface area (Å²) in [6.07, 6.45) is 2.58. The van der Waals surface area contributed by atoms with Gasteiger partial charge in [0.05, 0.1) is 19.8 Å². The van der Waals surface area contributed by atoms with Gasteiger partial charge in [0.25, 0.3) is 0 Å². The summed E-state index contributed by atoms with van der Waals surface area (Å²) in [7, 11) is 1.69. The number of carbonyl (C=O) groups is 1. The lowest BCUT2D eigenvalue weighted by Gasteiger charge is -2.12. The average molecular weight is 571 g/mol. The van der Waals surface area contributed by atoms with E-state index in [2.05, 4.69) is 43.8 Å². The van der Waals surface area contributed by atoms with Gasteiger partial charge in [0, 0.05) is 43.3 Å². The van der Waals surface area contributed by atoms with Crippen LogP contribution in [0.25, 0.3) is 0 Å². The molecule has 28 heavy (non-hydrogen) atoms. The summed E-state index contributed by atoms with van der Waals surface area (Å²) in [6.45, 7) is 5.86. The summed E-state index contributed by atoms with van der Waals surface area (Å²) in [5.41, 5.74) is 0.779. The maximum Gasteiger partial charge on any atom is 0.226 e. The third-order valence-corrected chi connectivity index (χ3v) is 4.08. The molecule has 1 amide bonds. The Morgan fingerprint density at radius 1 is 1.04 bits per heavy atom. The molecule has 0 saturated carbocycles. The first-order chi connectivity index (χ1) is 13.2. The molecule has 0 heterocycles. The fourth-order valence-electron chi connectivity index (χ4n) is 2.08. The van der Waals surface area contributed by atoms with Gasteiger partial charge in [0.1, 0.15) is 0 Å². The highest BCUT2D eigenvalue weighted by Gasteiger charge is 2.03. The Bertz CT molecular complexity index is 559. The van der Waals surface area contributed by atoms with Crippen molar-refractivity contribution in [1.29, 1.82) is 0 Å². The van der Waals surface area contributed by atoms with E-state index in [1.807, 2.05) is 24.3 Å². The molecular formula is C19H32BrIN4O3. The van der Waals surface area contributed by atoms with Crippen LogP contribution in [0.5, 0.6) is 0 Å². The fraction of sp³-hybridized carbons (Fsp3) is 0.579. The van der Waals surface area contributed by atoms with E-state index in [1.54, 1.807) is 7.05 Å². The standard InChI is InChI=1S/C19H31BrN4O3.HI/c1-3-4-12-26-14-15-27-13-11-23-19(21-2)22-10-9-18(25)24-17-7-5-16(20)6-8-17;/h5-8H,3-4,9-15H2,1-2H3,(H,24,25)(H2,21,22,23);1H. The molecule has 1 aromatic carbocycles. The Morgan fingerprint density at radius 2 is 1.68 bits per heavy atom. The topological polar surface area (TPSA) is 84.0 Å². The molecule has 1 aromatic rings. The van der Waals surface area contributed by atoms with Crippen molar-refractivity contribution < 1.29 is 14.3 Å². The third kappa shape index (κ3) is 14.1. The van der Waals surface area contributed by atoms with Crippen molar-refractivity contribution in [1.82, 2.24) is 10.6 Å². The number of amides is 1. The Kier molecular flexibility index (Phi) is 17.6. The van der Waals surface area contributed by atoms with Crippen LogP contribution in [0.1, 0.15) is 26.2 Å². The van der Waals surface area contributed by atoms with Crippen molar-refractivity contribution in [2.75, 3.05) is 51.9 Å². The van der Waals surface area contributed by atoms with Crippen LogP contribution in [0.3, 0.4) is 0 Å². The van der Waals surface area contributed by atoms with Crippen LogP contribution in [-0.4, -0.2) is 58.4 Å². The minimum atomic E-state index is -0.0494. The average Bonchev–Trinajstić information content (AvgIpc) is 2.67. The number of hydrogen-bond acceptors (Lipinski definition) is 4. The molecule has 0 atom stereocenters. The Hall–Kier alpha value is -0.910. The van der Waals surface area contributed by atoms with Crippen LogP contribution in [0.15, 0.2) is 33.7 Å². The minimum Gasteiger partial charge on any atom is -0.379 e. The molecule has 1 rings (SSSR count). The number of nitrogens with zero attached hydrogens (tertiary/aromatic N) is 1. The predicted molar refractivity (Wildman–Crippen MR) is 129 cm³/mol. The lowest BCUT2D eigenvalue weighted by atomic mass is 10.3. The van der Waals surface area contributed by atoms with E-state index >= 15 is 0 Å². The molecule has 0 spiro atoms. The van der Waals surface area contributed by atoms with Gasteiger partial charge in [0.2, 0.25) is 5.91 Å². The second kappa shape index (κ2) is 18.1.